The average molecular weight is 473 g/mol. The number of aromatic nitrogens is 2. The molecule has 1 N–H and O–H groups in total. The summed E-state index contributed by atoms with van der Waals surface area (Å²) in [5, 5.41) is 2.58. The van der Waals surface area contributed by atoms with Gasteiger partial charge in [0.15, 0.2) is 17.3 Å². The van der Waals surface area contributed by atoms with Crippen molar-refractivity contribution in [1.29, 1.82) is 0 Å². The molecule has 2 aliphatic heterocycles. The Balaban J connectivity index is 1.32. The van der Waals surface area contributed by atoms with E-state index in [0.29, 0.717) is 18.0 Å². The van der Waals surface area contributed by atoms with Crippen LogP contribution in [-0.4, -0.2) is 75.6 Å². The number of ketones is 1. The minimum atomic E-state index is -0.708. The molecule has 0 spiro atoms. The number of rotatable bonds is 6. The maximum Gasteiger partial charge on any atom is 0.287 e. The highest BCUT2D eigenvalue weighted by atomic mass is 35.5. The smallest absolute Gasteiger partial charge is 0.287 e. The molecule has 1 saturated carbocycles. The Kier molecular flexibility index (Phi) is 6.27. The molecule has 174 valence electrons. The lowest BCUT2D eigenvalue weighted by atomic mass is 9.78. The maximum atomic E-state index is 12.9. The van der Waals surface area contributed by atoms with Gasteiger partial charge >= 0.3 is 0 Å². The lowest BCUT2D eigenvalue weighted by Crippen LogP contribution is -2.55. The normalized spacial score (nSPS) is 30.7. The zero-order chi connectivity index (χ0) is 22.9. The number of carbonyl (C=O) groups is 3. The van der Waals surface area contributed by atoms with Crippen LogP contribution < -0.4 is 5.32 Å². The lowest BCUT2D eigenvalue weighted by molar-refractivity contribution is -0.122. The Labute approximate surface area is 195 Å². The number of ether oxygens (including phenoxy) is 1. The van der Waals surface area contributed by atoms with Crippen LogP contribution in [0.5, 0.6) is 0 Å². The highest BCUT2D eigenvalue weighted by molar-refractivity contribution is 6.22. The third kappa shape index (κ3) is 4.20. The van der Waals surface area contributed by atoms with E-state index in [4.69, 9.17) is 20.8 Å². The molecule has 2 saturated heterocycles. The fraction of sp³-hybridized carbons (Fsp3) is 0.522. The molecule has 10 heteroatoms. The van der Waals surface area contributed by atoms with Crippen LogP contribution in [0.25, 0.3) is 11.5 Å². The number of nitrogens with zero attached hydrogens (tertiary/aromatic N) is 3. The molecule has 6 atom stereocenters. The minimum absolute atomic E-state index is 0.0343. The van der Waals surface area contributed by atoms with E-state index >= 15 is 0 Å². The summed E-state index contributed by atoms with van der Waals surface area (Å²) in [6.45, 7) is 0.608. The first-order valence-corrected chi connectivity index (χ1v) is 11.7. The van der Waals surface area contributed by atoms with Gasteiger partial charge in [-0.2, -0.15) is 0 Å². The van der Waals surface area contributed by atoms with E-state index in [1.807, 2.05) is 0 Å². The van der Waals surface area contributed by atoms with Crippen molar-refractivity contribution in [1.82, 2.24) is 20.2 Å². The van der Waals surface area contributed by atoms with E-state index in [1.165, 1.54) is 6.33 Å². The molecule has 2 aromatic rings. The number of halogens is 1. The molecule has 0 aromatic carbocycles. The Hall–Kier alpha value is -2.62. The Morgan fingerprint density at radius 1 is 1.27 bits per heavy atom. The van der Waals surface area contributed by atoms with Crippen molar-refractivity contribution < 1.29 is 23.5 Å². The molecule has 2 aromatic heterocycles. The summed E-state index contributed by atoms with van der Waals surface area (Å²) in [4.78, 5) is 47.6. The topological polar surface area (TPSA) is 115 Å². The summed E-state index contributed by atoms with van der Waals surface area (Å²) in [6.07, 6.45) is 7.02. The van der Waals surface area contributed by atoms with Crippen LogP contribution in [-0.2, 0) is 14.3 Å². The van der Waals surface area contributed by atoms with Crippen LogP contribution in [0.4, 0.5) is 0 Å². The van der Waals surface area contributed by atoms with Gasteiger partial charge < -0.3 is 19.3 Å². The summed E-state index contributed by atoms with van der Waals surface area (Å²) in [5.74, 6) is -0.0213. The van der Waals surface area contributed by atoms with Crippen LogP contribution in [0.3, 0.4) is 0 Å². The second-order valence-electron chi connectivity index (χ2n) is 8.81. The number of Topliss-reactive ketones (excluding diaryl/α,β-unsaturated/α-hetero) is 1. The number of alkyl halides is 1. The molecule has 33 heavy (non-hydrogen) atoms. The van der Waals surface area contributed by atoms with Gasteiger partial charge in [0.2, 0.25) is 0 Å². The molecule has 3 fully saturated rings. The van der Waals surface area contributed by atoms with Gasteiger partial charge in [0.25, 0.3) is 5.91 Å². The van der Waals surface area contributed by atoms with Crippen LogP contribution in [0.1, 0.15) is 36.2 Å². The summed E-state index contributed by atoms with van der Waals surface area (Å²) in [6, 6.07) is 3.78. The lowest BCUT2D eigenvalue weighted by Gasteiger charge is -2.42. The van der Waals surface area contributed by atoms with Gasteiger partial charge in [-0.3, -0.25) is 14.5 Å². The van der Waals surface area contributed by atoms with Crippen molar-refractivity contribution in [3.8, 4) is 11.5 Å². The summed E-state index contributed by atoms with van der Waals surface area (Å²) in [7, 11) is 0. The number of carbonyl (C=O) groups excluding carboxylic acids is 3. The van der Waals surface area contributed by atoms with E-state index in [9.17, 15) is 14.4 Å². The Bertz CT molecular complexity index is 1030. The summed E-state index contributed by atoms with van der Waals surface area (Å²) < 4.78 is 11.3. The van der Waals surface area contributed by atoms with Crippen LogP contribution in [0.15, 0.2) is 35.1 Å². The standard InChI is InChI=1S/C23H25ClN4O5/c24-14-9-28(21-18(30)11-32-22(14)21)17-4-2-1-3-13(17)16(10-29)27-23(31)20-6-5-19(33-20)15-7-8-25-12-26-15/h5-8,10,12-14,16-17,21-22H,1-4,9,11H2,(H,27,31)/t13?,14-,16?,17-,21+,22+/m0/s1. The van der Waals surface area contributed by atoms with Gasteiger partial charge in [0.1, 0.15) is 24.9 Å². The predicted molar refractivity (Wildman–Crippen MR) is 118 cm³/mol. The largest absolute Gasteiger partial charge is 0.449 e. The summed E-state index contributed by atoms with van der Waals surface area (Å²) >= 11 is 6.49. The molecule has 1 amide bonds. The molecule has 2 unspecified atom stereocenters. The number of hydrogen-bond acceptors (Lipinski definition) is 8. The number of furan rings is 1. The SMILES string of the molecule is O=CC(NC(=O)c1ccc(-c2ccncn2)o1)C1CCCC[C@@H]1N1C[C@H](Cl)[C@H]2OCC(=O)[C@H]21. The van der Waals surface area contributed by atoms with Crippen LogP contribution >= 0.6 is 11.6 Å². The second kappa shape index (κ2) is 9.32. The van der Waals surface area contributed by atoms with E-state index in [1.54, 1.807) is 24.4 Å². The minimum Gasteiger partial charge on any atom is -0.449 e. The first kappa shape index (κ1) is 22.2. The zero-order valence-corrected chi connectivity index (χ0v) is 18.7. The molecule has 0 bridgehead atoms. The molecule has 3 aliphatic rings. The van der Waals surface area contributed by atoms with Gasteiger partial charge in [-0.1, -0.05) is 12.8 Å². The Morgan fingerprint density at radius 2 is 2.12 bits per heavy atom. The van der Waals surface area contributed by atoms with Crippen molar-refractivity contribution in [2.45, 2.75) is 55.3 Å². The van der Waals surface area contributed by atoms with E-state index in [0.717, 1.165) is 32.0 Å². The van der Waals surface area contributed by atoms with Gasteiger partial charge in [0.05, 0.1) is 23.6 Å². The zero-order valence-electron chi connectivity index (χ0n) is 17.9. The van der Waals surface area contributed by atoms with Gasteiger partial charge in [-0.25, -0.2) is 9.97 Å². The van der Waals surface area contributed by atoms with Crippen molar-refractivity contribution in [3.05, 3.63) is 36.5 Å². The number of hydrogen-bond donors (Lipinski definition) is 1. The molecule has 5 rings (SSSR count). The molecular weight excluding hydrogens is 448 g/mol. The second-order valence-corrected chi connectivity index (χ2v) is 9.37. The third-order valence-electron chi connectivity index (χ3n) is 6.94. The van der Waals surface area contributed by atoms with Gasteiger partial charge in [-0.15, -0.1) is 11.6 Å². The monoisotopic (exact) mass is 472 g/mol. The van der Waals surface area contributed by atoms with E-state index < -0.39 is 11.9 Å². The van der Waals surface area contributed by atoms with E-state index in [2.05, 4.69) is 20.2 Å². The third-order valence-corrected chi connectivity index (χ3v) is 7.32. The van der Waals surface area contributed by atoms with E-state index in [-0.39, 0.29) is 47.6 Å². The van der Waals surface area contributed by atoms with Crippen LogP contribution in [0.2, 0.25) is 0 Å². The molecule has 9 nitrogen and oxygen atoms in total. The average Bonchev–Trinajstić information content (AvgIpc) is 3.56. The first-order valence-electron chi connectivity index (χ1n) is 11.2. The van der Waals surface area contributed by atoms with Crippen LogP contribution in [0, 0.1) is 5.92 Å². The van der Waals surface area contributed by atoms with Crippen molar-refractivity contribution in [2.75, 3.05) is 13.2 Å². The fourth-order valence-corrected chi connectivity index (χ4v) is 5.81. The van der Waals surface area contributed by atoms with Gasteiger partial charge in [0, 0.05) is 24.7 Å². The molecular formula is C23H25ClN4O5. The van der Waals surface area contributed by atoms with Crippen molar-refractivity contribution in [2.24, 2.45) is 5.92 Å². The maximum absolute atomic E-state index is 12.9. The van der Waals surface area contributed by atoms with Crippen molar-refractivity contribution in [3.63, 3.8) is 0 Å². The molecule has 0 radical (unpaired) electrons. The van der Waals surface area contributed by atoms with Gasteiger partial charge in [-0.05, 0) is 31.0 Å². The number of likely N-dealkylation sites (tertiary alicyclic amines) is 1. The highest BCUT2D eigenvalue weighted by Gasteiger charge is 2.53. The summed E-state index contributed by atoms with van der Waals surface area (Å²) in [5.41, 5.74) is 0.561. The molecule has 1 aliphatic carbocycles. The number of amides is 1. The van der Waals surface area contributed by atoms with Crippen molar-refractivity contribution >= 4 is 29.6 Å². The number of aldehydes is 1. The highest BCUT2D eigenvalue weighted by Crippen LogP contribution is 2.39. The Morgan fingerprint density at radius 3 is 2.91 bits per heavy atom. The quantitative estimate of drug-likeness (QED) is 0.500. The predicted octanol–water partition coefficient (Wildman–Crippen LogP) is 1.85. The fourth-order valence-electron chi connectivity index (χ4n) is 5.44. The first-order chi connectivity index (χ1) is 16.1. The number of nitrogens with one attached hydrogen (secondary N) is 1. The molecule has 4 heterocycles. The number of fused-ring (bicyclic) bond motifs is 1.